The number of likely N-dealkylation sites (N-methyl/N-ethyl adjacent to an activating group) is 1. The molecule has 0 radical (unpaired) electrons. The number of hydrogen-bond acceptors (Lipinski definition) is 4. The molecule has 0 saturated heterocycles. The summed E-state index contributed by atoms with van der Waals surface area (Å²) in [5.74, 6) is -0.806. The second-order valence-electron chi connectivity index (χ2n) is 5.83. The van der Waals surface area contributed by atoms with E-state index in [9.17, 15) is 14.0 Å². The molecule has 0 N–H and O–H groups in total. The van der Waals surface area contributed by atoms with Crippen LogP contribution in [0.15, 0.2) is 48.5 Å². The molecule has 0 aromatic heterocycles. The Morgan fingerprint density at radius 1 is 1.04 bits per heavy atom. The molecule has 5 nitrogen and oxygen atoms in total. The Morgan fingerprint density at radius 2 is 1.77 bits per heavy atom. The van der Waals surface area contributed by atoms with Crippen molar-refractivity contribution in [1.82, 2.24) is 4.90 Å². The lowest BCUT2D eigenvalue weighted by Crippen LogP contribution is -2.31. The number of amides is 1. The molecule has 0 spiro atoms. The van der Waals surface area contributed by atoms with Gasteiger partial charge in [-0.3, -0.25) is 4.79 Å². The highest BCUT2D eigenvalue weighted by Crippen LogP contribution is 2.12. The topological polar surface area (TPSA) is 55.8 Å². The van der Waals surface area contributed by atoms with Crippen LogP contribution in [0.25, 0.3) is 0 Å². The van der Waals surface area contributed by atoms with Crippen molar-refractivity contribution in [3.8, 4) is 5.75 Å². The Kier molecular flexibility index (Phi) is 7.14. The smallest absolute Gasteiger partial charge is 0.344 e. The zero-order valence-corrected chi connectivity index (χ0v) is 14.9. The monoisotopic (exact) mass is 359 g/mol. The van der Waals surface area contributed by atoms with Gasteiger partial charge in [-0.25, -0.2) is 9.18 Å². The van der Waals surface area contributed by atoms with Crippen LogP contribution in [0.2, 0.25) is 0 Å². The summed E-state index contributed by atoms with van der Waals surface area (Å²) in [5.41, 5.74) is 1.83. The molecule has 6 heteroatoms. The van der Waals surface area contributed by atoms with Gasteiger partial charge in [-0.15, -0.1) is 0 Å². The summed E-state index contributed by atoms with van der Waals surface area (Å²) in [6.07, 6.45) is 0.924. The molecule has 0 aliphatic heterocycles. The summed E-state index contributed by atoms with van der Waals surface area (Å²) < 4.78 is 23.4. The third kappa shape index (κ3) is 6.20. The van der Waals surface area contributed by atoms with Gasteiger partial charge in [-0.1, -0.05) is 31.2 Å². The number of hydrogen-bond donors (Lipinski definition) is 0. The van der Waals surface area contributed by atoms with Crippen molar-refractivity contribution in [2.24, 2.45) is 0 Å². The van der Waals surface area contributed by atoms with Crippen LogP contribution < -0.4 is 4.74 Å². The predicted molar refractivity (Wildman–Crippen MR) is 95.1 cm³/mol. The molecule has 138 valence electrons. The van der Waals surface area contributed by atoms with E-state index in [-0.39, 0.29) is 31.5 Å². The zero-order valence-electron chi connectivity index (χ0n) is 14.9. The van der Waals surface area contributed by atoms with E-state index < -0.39 is 5.97 Å². The number of carbonyl (C=O) groups excluding carboxylic acids is 2. The lowest BCUT2D eigenvalue weighted by Gasteiger charge is -2.17. The molecular weight excluding hydrogens is 337 g/mol. The van der Waals surface area contributed by atoms with Gasteiger partial charge >= 0.3 is 5.97 Å². The highest BCUT2D eigenvalue weighted by molar-refractivity contribution is 5.80. The number of halogens is 1. The second-order valence-corrected chi connectivity index (χ2v) is 5.83. The van der Waals surface area contributed by atoms with Crippen molar-refractivity contribution >= 4 is 11.9 Å². The average Bonchev–Trinajstić information content (AvgIpc) is 2.64. The maximum atomic E-state index is 13.2. The Balaban J connectivity index is 1.72. The van der Waals surface area contributed by atoms with Crippen molar-refractivity contribution in [2.45, 2.75) is 19.9 Å². The normalized spacial score (nSPS) is 10.3. The van der Waals surface area contributed by atoms with Gasteiger partial charge in [-0.2, -0.15) is 0 Å². The Morgan fingerprint density at radius 3 is 2.42 bits per heavy atom. The predicted octanol–water partition coefficient (Wildman–Crippen LogP) is 2.97. The molecule has 2 aromatic rings. The summed E-state index contributed by atoms with van der Waals surface area (Å²) in [4.78, 5) is 25.1. The molecule has 0 heterocycles. The molecule has 0 atom stereocenters. The van der Waals surface area contributed by atoms with Crippen LogP contribution in [0.3, 0.4) is 0 Å². The standard InChI is InChI=1S/C20H22FNO4/c1-3-15-7-9-18(10-8-15)25-14-20(24)26-13-19(23)22(2)12-16-5-4-6-17(21)11-16/h4-11H,3,12-14H2,1-2H3. The number of rotatable bonds is 8. The summed E-state index contributed by atoms with van der Waals surface area (Å²) in [5, 5.41) is 0. The Hall–Kier alpha value is -2.89. The highest BCUT2D eigenvalue weighted by atomic mass is 19.1. The number of nitrogens with zero attached hydrogens (tertiary/aromatic N) is 1. The maximum absolute atomic E-state index is 13.2. The first-order chi connectivity index (χ1) is 12.5. The van der Waals surface area contributed by atoms with Crippen LogP contribution in [0.1, 0.15) is 18.1 Å². The van der Waals surface area contributed by atoms with Crippen LogP contribution in [-0.2, 0) is 27.3 Å². The second kappa shape index (κ2) is 9.56. The summed E-state index contributed by atoms with van der Waals surface area (Å²) >= 11 is 0. The molecular formula is C20H22FNO4. The average molecular weight is 359 g/mol. The number of benzene rings is 2. The number of carbonyl (C=O) groups is 2. The first-order valence-electron chi connectivity index (χ1n) is 8.33. The molecule has 2 aromatic carbocycles. The zero-order chi connectivity index (χ0) is 18.9. The van der Waals surface area contributed by atoms with Gasteiger partial charge in [0.1, 0.15) is 11.6 Å². The lowest BCUT2D eigenvalue weighted by atomic mass is 10.2. The quantitative estimate of drug-likeness (QED) is 0.680. The van der Waals surface area contributed by atoms with Crippen molar-refractivity contribution in [1.29, 1.82) is 0 Å². The Labute approximate surface area is 152 Å². The van der Waals surface area contributed by atoms with Gasteiger partial charge < -0.3 is 14.4 Å². The van der Waals surface area contributed by atoms with Crippen LogP contribution in [0, 0.1) is 5.82 Å². The van der Waals surface area contributed by atoms with Gasteiger partial charge in [0.15, 0.2) is 13.2 Å². The SMILES string of the molecule is CCc1ccc(OCC(=O)OCC(=O)N(C)Cc2cccc(F)c2)cc1. The van der Waals surface area contributed by atoms with Gasteiger partial charge in [0.05, 0.1) is 0 Å². The number of esters is 1. The fourth-order valence-corrected chi connectivity index (χ4v) is 2.26. The minimum Gasteiger partial charge on any atom is -0.482 e. The number of ether oxygens (including phenoxy) is 2. The van der Waals surface area contributed by atoms with Crippen molar-refractivity contribution in [3.63, 3.8) is 0 Å². The van der Waals surface area contributed by atoms with Crippen molar-refractivity contribution in [2.75, 3.05) is 20.3 Å². The van der Waals surface area contributed by atoms with Gasteiger partial charge in [-0.05, 0) is 41.8 Å². The highest BCUT2D eigenvalue weighted by Gasteiger charge is 2.13. The van der Waals surface area contributed by atoms with Crippen LogP contribution in [0.5, 0.6) is 5.75 Å². The first kappa shape index (κ1) is 19.4. The fourth-order valence-electron chi connectivity index (χ4n) is 2.26. The third-order valence-electron chi connectivity index (χ3n) is 3.78. The van der Waals surface area contributed by atoms with E-state index in [4.69, 9.17) is 9.47 Å². The Bertz CT molecular complexity index is 746. The van der Waals surface area contributed by atoms with Crippen LogP contribution >= 0.6 is 0 Å². The molecule has 1 amide bonds. The molecule has 0 saturated carbocycles. The van der Waals surface area contributed by atoms with Crippen molar-refractivity contribution < 1.29 is 23.5 Å². The third-order valence-corrected chi connectivity index (χ3v) is 3.78. The maximum Gasteiger partial charge on any atom is 0.344 e. The van der Waals surface area contributed by atoms with Crippen molar-refractivity contribution in [3.05, 3.63) is 65.5 Å². The summed E-state index contributed by atoms with van der Waals surface area (Å²) in [7, 11) is 1.56. The van der Waals surface area contributed by atoms with Gasteiger partial charge in [0.25, 0.3) is 5.91 Å². The summed E-state index contributed by atoms with van der Waals surface area (Å²) in [6.45, 7) is 1.62. The van der Waals surface area contributed by atoms with Crippen LogP contribution in [0.4, 0.5) is 4.39 Å². The largest absolute Gasteiger partial charge is 0.482 e. The molecule has 0 fully saturated rings. The molecule has 0 bridgehead atoms. The molecule has 2 rings (SSSR count). The van der Waals surface area contributed by atoms with E-state index >= 15 is 0 Å². The first-order valence-corrected chi connectivity index (χ1v) is 8.33. The summed E-state index contributed by atoms with van der Waals surface area (Å²) in [6, 6.07) is 13.4. The van der Waals surface area contributed by atoms with Crippen LogP contribution in [-0.4, -0.2) is 37.0 Å². The van der Waals surface area contributed by atoms with E-state index in [0.29, 0.717) is 11.3 Å². The number of aryl methyl sites for hydroxylation is 1. The molecule has 0 unspecified atom stereocenters. The van der Waals surface area contributed by atoms with E-state index in [1.54, 1.807) is 31.3 Å². The van der Waals surface area contributed by atoms with E-state index in [0.717, 1.165) is 6.42 Å². The minimum atomic E-state index is -0.628. The van der Waals surface area contributed by atoms with E-state index in [1.165, 1.54) is 22.6 Å². The molecule has 26 heavy (non-hydrogen) atoms. The lowest BCUT2D eigenvalue weighted by molar-refractivity contribution is -0.153. The molecule has 0 aliphatic carbocycles. The minimum absolute atomic E-state index is 0.231. The van der Waals surface area contributed by atoms with E-state index in [1.807, 2.05) is 12.1 Å². The fraction of sp³-hybridized carbons (Fsp3) is 0.300. The molecule has 0 aliphatic rings. The van der Waals surface area contributed by atoms with E-state index in [2.05, 4.69) is 6.92 Å². The van der Waals surface area contributed by atoms with Gasteiger partial charge in [0, 0.05) is 13.6 Å². The van der Waals surface area contributed by atoms with Gasteiger partial charge in [0.2, 0.25) is 0 Å².